The zero-order chi connectivity index (χ0) is 34.0. The largest absolute Gasteiger partial charge is 0.394 e. The molecule has 20 nitrogen and oxygen atoms in total. The first-order chi connectivity index (χ1) is 21.8. The van der Waals surface area contributed by atoms with Crippen LogP contribution in [-0.2, 0) is 37.9 Å². The molecule has 0 aromatic rings. The predicted molar refractivity (Wildman–Crippen MR) is 142 cm³/mol. The van der Waals surface area contributed by atoms with Crippen LogP contribution in [0.2, 0.25) is 0 Å². The summed E-state index contributed by atoms with van der Waals surface area (Å²) in [7, 11) is 1.18. The van der Waals surface area contributed by atoms with Gasteiger partial charge >= 0.3 is 0 Å². The van der Waals surface area contributed by atoms with Crippen molar-refractivity contribution in [3.05, 3.63) is 0 Å². The Morgan fingerprint density at radius 3 is 1.46 bits per heavy atom. The molecule has 4 saturated heterocycles. The molecule has 270 valence electrons. The number of ether oxygens (including phenoxy) is 8. The number of hydrogen-bond acceptors (Lipinski definition) is 20. The lowest BCUT2D eigenvalue weighted by Crippen LogP contribution is -2.66. The Morgan fingerprint density at radius 2 is 0.891 bits per heavy atom. The molecule has 0 bridgehead atoms. The lowest BCUT2D eigenvalue weighted by molar-refractivity contribution is -0.383. The zero-order valence-corrected chi connectivity index (χ0v) is 25.0. The third-order valence-corrected chi connectivity index (χ3v) is 8.79. The van der Waals surface area contributed by atoms with E-state index in [0.29, 0.717) is 0 Å². The maximum atomic E-state index is 11.3. The van der Waals surface area contributed by atoms with Crippen molar-refractivity contribution < 1.29 is 99.2 Å². The van der Waals surface area contributed by atoms with Crippen LogP contribution in [0.1, 0.15) is 6.92 Å². The molecule has 0 aromatic heterocycles. The van der Waals surface area contributed by atoms with Crippen LogP contribution in [0.3, 0.4) is 0 Å². The molecular formula is C26H46O20. The number of hydrogen-bond donors (Lipinski definition) is 12. The lowest BCUT2D eigenvalue weighted by atomic mass is 9.91. The molecule has 4 aliphatic rings. The Bertz CT molecular complexity index is 914. The van der Waals surface area contributed by atoms with Gasteiger partial charge in [-0.15, -0.1) is 0 Å². The van der Waals surface area contributed by atoms with Gasteiger partial charge in [-0.05, 0) is 0 Å². The monoisotopic (exact) mass is 678 g/mol. The molecule has 12 N–H and O–H groups in total. The zero-order valence-electron chi connectivity index (χ0n) is 25.0. The highest BCUT2D eigenvalue weighted by atomic mass is 16.8. The van der Waals surface area contributed by atoms with Gasteiger partial charge in [0.05, 0.1) is 38.6 Å². The first-order valence-electron chi connectivity index (χ1n) is 14.8. The fourth-order valence-electron chi connectivity index (χ4n) is 5.82. The summed E-state index contributed by atoms with van der Waals surface area (Å²) in [4.78, 5) is 0. The summed E-state index contributed by atoms with van der Waals surface area (Å²) >= 11 is 0. The fourth-order valence-corrected chi connectivity index (χ4v) is 5.82. The third kappa shape index (κ3) is 7.66. The van der Waals surface area contributed by atoms with Crippen molar-refractivity contribution in [3.63, 3.8) is 0 Å². The van der Waals surface area contributed by atoms with Crippen molar-refractivity contribution >= 4 is 0 Å². The number of aliphatic hydroxyl groups is 12. The fraction of sp³-hybridized carbons (Fsp3) is 1.00. The molecule has 20 unspecified atom stereocenters. The summed E-state index contributed by atoms with van der Waals surface area (Å²) in [5.41, 5.74) is 0. The van der Waals surface area contributed by atoms with E-state index in [0.717, 1.165) is 0 Å². The molecule has 4 fully saturated rings. The lowest BCUT2D eigenvalue weighted by Gasteiger charge is -2.48. The molecule has 0 radical (unpaired) electrons. The molecule has 4 rings (SSSR count). The Kier molecular flexibility index (Phi) is 13.4. The highest BCUT2D eigenvalue weighted by Crippen LogP contribution is 2.34. The molecule has 0 amide bonds. The molecule has 20 heteroatoms. The van der Waals surface area contributed by atoms with Gasteiger partial charge in [0.25, 0.3) is 0 Å². The Morgan fingerprint density at radius 1 is 0.457 bits per heavy atom. The minimum atomic E-state index is -1.96. The summed E-state index contributed by atoms with van der Waals surface area (Å²) in [5, 5.41) is 124. The Hall–Kier alpha value is -0.800. The second-order valence-electron chi connectivity index (χ2n) is 11.8. The molecule has 0 aromatic carbocycles. The number of methoxy groups -OCH3 is 1. The molecule has 0 spiro atoms. The van der Waals surface area contributed by atoms with Crippen molar-refractivity contribution in [1.82, 2.24) is 0 Å². The normalized spacial score (nSPS) is 52.0. The van der Waals surface area contributed by atoms with Crippen LogP contribution in [0.15, 0.2) is 0 Å². The smallest absolute Gasteiger partial charge is 0.187 e. The van der Waals surface area contributed by atoms with Gasteiger partial charge < -0.3 is 99.2 Å². The van der Waals surface area contributed by atoms with E-state index in [1.54, 1.807) is 0 Å². The molecular weight excluding hydrogens is 632 g/mol. The first kappa shape index (κ1) is 38.0. The predicted octanol–water partition coefficient (Wildman–Crippen LogP) is -7.82. The Balaban J connectivity index is 1.57. The van der Waals surface area contributed by atoms with Crippen LogP contribution < -0.4 is 0 Å². The van der Waals surface area contributed by atoms with Crippen molar-refractivity contribution in [2.45, 2.75) is 124 Å². The van der Waals surface area contributed by atoms with Crippen LogP contribution in [-0.4, -0.2) is 212 Å². The number of aliphatic hydroxyl groups excluding tert-OH is 12. The molecule has 46 heavy (non-hydrogen) atoms. The highest BCUT2D eigenvalue weighted by Gasteiger charge is 2.54. The van der Waals surface area contributed by atoms with Crippen LogP contribution in [0.4, 0.5) is 0 Å². The van der Waals surface area contributed by atoms with Crippen LogP contribution in [0, 0.1) is 5.92 Å². The van der Waals surface area contributed by atoms with Crippen LogP contribution in [0.25, 0.3) is 0 Å². The average Bonchev–Trinajstić information content (AvgIpc) is 3.05. The topological polar surface area (TPSA) is 317 Å². The second kappa shape index (κ2) is 16.3. The van der Waals surface area contributed by atoms with E-state index in [-0.39, 0.29) is 0 Å². The number of rotatable bonds is 11. The minimum absolute atomic E-state index is 0.572. The summed E-state index contributed by atoms with van der Waals surface area (Å²) in [5.74, 6) is -0.732. The van der Waals surface area contributed by atoms with E-state index in [1.165, 1.54) is 14.0 Å². The molecule has 20 atom stereocenters. The minimum Gasteiger partial charge on any atom is -0.394 e. The van der Waals surface area contributed by atoms with Crippen molar-refractivity contribution in [3.8, 4) is 0 Å². The average molecular weight is 679 g/mol. The molecule has 0 saturated carbocycles. The van der Waals surface area contributed by atoms with Crippen molar-refractivity contribution in [2.75, 3.05) is 33.5 Å². The van der Waals surface area contributed by atoms with E-state index in [4.69, 9.17) is 37.9 Å². The molecule has 0 aliphatic carbocycles. The van der Waals surface area contributed by atoms with Crippen LogP contribution in [0.5, 0.6) is 0 Å². The quantitative estimate of drug-likeness (QED) is 0.0965. The van der Waals surface area contributed by atoms with Gasteiger partial charge in [0, 0.05) is 13.0 Å². The van der Waals surface area contributed by atoms with Crippen LogP contribution >= 0.6 is 0 Å². The van der Waals surface area contributed by atoms with Crippen molar-refractivity contribution in [2.24, 2.45) is 5.92 Å². The second-order valence-corrected chi connectivity index (χ2v) is 11.8. The van der Waals surface area contributed by atoms with Gasteiger partial charge in [0.1, 0.15) is 79.4 Å². The summed E-state index contributed by atoms with van der Waals surface area (Å²) < 4.78 is 43.9. The van der Waals surface area contributed by atoms with Gasteiger partial charge in [-0.25, -0.2) is 0 Å². The third-order valence-electron chi connectivity index (χ3n) is 8.79. The van der Waals surface area contributed by atoms with E-state index in [2.05, 4.69) is 0 Å². The van der Waals surface area contributed by atoms with E-state index in [9.17, 15) is 61.3 Å². The van der Waals surface area contributed by atoms with E-state index in [1.807, 2.05) is 0 Å². The maximum Gasteiger partial charge on any atom is 0.187 e. The standard InChI is InChI=1S/C26H46O20/c1-7-8(3-27)41-25(17(35)12(7)30)45-22-15(33)11(6-40-24-18(36)16(34)13(31)9(4-28)43-24)44-26(20(22)38)46-21-14(32)10(5-29)42-23(39-2)19(21)37/h7-38H,3-6H2,1-2H3. The van der Waals surface area contributed by atoms with E-state index < -0.39 is 149 Å². The van der Waals surface area contributed by atoms with Gasteiger partial charge in [0.15, 0.2) is 25.2 Å². The van der Waals surface area contributed by atoms with Gasteiger partial charge in [-0.2, -0.15) is 0 Å². The van der Waals surface area contributed by atoms with E-state index >= 15 is 0 Å². The highest BCUT2D eigenvalue weighted by molar-refractivity contribution is 4.97. The molecule has 4 aliphatic heterocycles. The van der Waals surface area contributed by atoms with Gasteiger partial charge in [-0.3, -0.25) is 0 Å². The maximum absolute atomic E-state index is 11.3. The SMILES string of the molecule is COC1OC(CO)C(O)C(OC2OC(COC3OC(CO)C(O)C(O)C3O)C(O)C(OC3OC(CO)C(C)C(O)C3O)C2O)C1O. The summed E-state index contributed by atoms with van der Waals surface area (Å²) in [6.45, 7) is -1.22. The first-order valence-corrected chi connectivity index (χ1v) is 14.8. The van der Waals surface area contributed by atoms with Crippen molar-refractivity contribution in [1.29, 1.82) is 0 Å². The summed E-state index contributed by atoms with van der Waals surface area (Å²) in [6, 6.07) is 0. The Labute approximate surface area is 262 Å². The summed E-state index contributed by atoms with van der Waals surface area (Å²) in [6.07, 6.45) is -30.8. The van der Waals surface area contributed by atoms with Gasteiger partial charge in [0.2, 0.25) is 0 Å². The van der Waals surface area contributed by atoms with Gasteiger partial charge in [-0.1, -0.05) is 6.92 Å². The molecule has 4 heterocycles.